The molecule has 0 atom stereocenters. The van der Waals surface area contributed by atoms with Crippen LogP contribution < -0.4 is 5.32 Å². The molecule has 0 saturated carbocycles. The van der Waals surface area contributed by atoms with Gasteiger partial charge >= 0.3 is 0 Å². The minimum Gasteiger partial charge on any atom is -0.385 e. The van der Waals surface area contributed by atoms with Gasteiger partial charge in [0.25, 0.3) is 11.6 Å². The van der Waals surface area contributed by atoms with Crippen molar-refractivity contribution in [1.82, 2.24) is 5.32 Å². The Morgan fingerprint density at radius 1 is 1.48 bits per heavy atom. The van der Waals surface area contributed by atoms with Crippen molar-refractivity contribution in [3.8, 4) is 0 Å². The number of nitrogens with zero attached hydrogens (tertiary/aromatic N) is 1. The molecule has 1 aromatic carbocycles. The number of rotatable bonds is 7. The fraction of sp³-hybridized carbons (Fsp3) is 0.500. The predicted molar refractivity (Wildman–Crippen MR) is 80.7 cm³/mol. The number of halogens is 1. The molecule has 7 heteroatoms. The van der Waals surface area contributed by atoms with Gasteiger partial charge in [0, 0.05) is 32.4 Å². The molecule has 1 rings (SSSR count). The quantitative estimate of drug-likeness (QED) is 0.619. The second-order valence-corrected chi connectivity index (χ2v) is 5.92. The summed E-state index contributed by atoms with van der Waals surface area (Å²) in [6.07, 6.45) is 0.784. The molecule has 0 heterocycles. The number of methoxy groups -OCH3 is 1. The number of ether oxygens (including phenoxy) is 1. The van der Waals surface area contributed by atoms with Crippen molar-refractivity contribution < 1.29 is 14.5 Å². The van der Waals surface area contributed by atoms with Gasteiger partial charge in [0.2, 0.25) is 0 Å². The SMILES string of the molecule is COCCC(C)(C)CNC(=O)c1cc([N+](=O)[O-])ccc1Cl. The Labute approximate surface area is 128 Å². The maximum absolute atomic E-state index is 12.1. The summed E-state index contributed by atoms with van der Waals surface area (Å²) in [5.41, 5.74) is -0.199. The van der Waals surface area contributed by atoms with Crippen LogP contribution in [0.3, 0.4) is 0 Å². The van der Waals surface area contributed by atoms with Gasteiger partial charge in [0.15, 0.2) is 0 Å². The van der Waals surface area contributed by atoms with Gasteiger partial charge in [-0.05, 0) is 17.9 Å². The lowest BCUT2D eigenvalue weighted by atomic mass is 9.89. The lowest BCUT2D eigenvalue weighted by Crippen LogP contribution is -2.34. The smallest absolute Gasteiger partial charge is 0.270 e. The van der Waals surface area contributed by atoms with Crippen LogP contribution in [0.1, 0.15) is 30.6 Å². The number of nitro groups is 1. The standard InChI is InChI=1S/C14H19ClN2O4/c1-14(2,6-7-21-3)9-16-13(18)11-8-10(17(19)20)4-5-12(11)15/h4-5,8H,6-7,9H2,1-3H3,(H,16,18). The molecule has 0 aliphatic carbocycles. The predicted octanol–water partition coefficient (Wildman–Crippen LogP) is 3.04. The third-order valence-electron chi connectivity index (χ3n) is 3.12. The average molecular weight is 315 g/mol. The van der Waals surface area contributed by atoms with Gasteiger partial charge in [-0.3, -0.25) is 14.9 Å². The summed E-state index contributed by atoms with van der Waals surface area (Å²) in [6.45, 7) is 5.03. The molecule has 0 saturated heterocycles. The van der Waals surface area contributed by atoms with E-state index in [0.29, 0.717) is 13.2 Å². The van der Waals surface area contributed by atoms with Crippen LogP contribution in [0.15, 0.2) is 18.2 Å². The number of hydrogen-bond donors (Lipinski definition) is 1. The first-order valence-electron chi connectivity index (χ1n) is 6.48. The number of non-ortho nitro benzene ring substituents is 1. The number of benzene rings is 1. The van der Waals surface area contributed by atoms with Crippen LogP contribution in [-0.4, -0.2) is 31.1 Å². The molecular weight excluding hydrogens is 296 g/mol. The van der Waals surface area contributed by atoms with E-state index in [9.17, 15) is 14.9 Å². The Morgan fingerprint density at radius 2 is 2.14 bits per heavy atom. The maximum atomic E-state index is 12.1. The Morgan fingerprint density at radius 3 is 2.71 bits per heavy atom. The fourth-order valence-corrected chi connectivity index (χ4v) is 1.89. The molecule has 0 aromatic heterocycles. The molecule has 1 amide bonds. The molecule has 0 unspecified atom stereocenters. The lowest BCUT2D eigenvalue weighted by Gasteiger charge is -2.24. The number of carbonyl (C=O) groups excluding carboxylic acids is 1. The maximum Gasteiger partial charge on any atom is 0.270 e. The normalized spacial score (nSPS) is 11.2. The van der Waals surface area contributed by atoms with Crippen LogP contribution in [-0.2, 0) is 4.74 Å². The molecule has 0 aliphatic heterocycles. The van der Waals surface area contributed by atoms with Gasteiger partial charge in [-0.25, -0.2) is 0 Å². The minimum absolute atomic E-state index is 0.105. The van der Waals surface area contributed by atoms with Crippen molar-refractivity contribution in [1.29, 1.82) is 0 Å². The lowest BCUT2D eigenvalue weighted by molar-refractivity contribution is -0.384. The van der Waals surface area contributed by atoms with E-state index in [2.05, 4.69) is 5.32 Å². The zero-order chi connectivity index (χ0) is 16.0. The van der Waals surface area contributed by atoms with Crippen LogP contribution >= 0.6 is 11.6 Å². The molecule has 6 nitrogen and oxygen atoms in total. The van der Waals surface area contributed by atoms with Crippen LogP contribution in [0.25, 0.3) is 0 Å². The zero-order valence-corrected chi connectivity index (χ0v) is 13.1. The van der Waals surface area contributed by atoms with E-state index in [0.717, 1.165) is 6.42 Å². The van der Waals surface area contributed by atoms with E-state index >= 15 is 0 Å². The highest BCUT2D eigenvalue weighted by Gasteiger charge is 2.21. The first-order valence-corrected chi connectivity index (χ1v) is 6.86. The molecule has 21 heavy (non-hydrogen) atoms. The minimum atomic E-state index is -0.560. The van der Waals surface area contributed by atoms with Crippen molar-refractivity contribution in [3.63, 3.8) is 0 Å². The van der Waals surface area contributed by atoms with Crippen molar-refractivity contribution in [2.24, 2.45) is 5.41 Å². The molecule has 0 aliphatic rings. The third kappa shape index (κ3) is 5.32. The van der Waals surface area contributed by atoms with Gasteiger partial charge in [0.1, 0.15) is 0 Å². The van der Waals surface area contributed by atoms with Crippen molar-refractivity contribution in [2.75, 3.05) is 20.3 Å². The Balaban J connectivity index is 2.76. The van der Waals surface area contributed by atoms with Crippen LogP contribution in [0.5, 0.6) is 0 Å². The topological polar surface area (TPSA) is 81.5 Å². The molecule has 116 valence electrons. The van der Waals surface area contributed by atoms with Crippen molar-refractivity contribution in [3.05, 3.63) is 38.9 Å². The molecule has 0 radical (unpaired) electrons. The van der Waals surface area contributed by atoms with Crippen LogP contribution in [0, 0.1) is 15.5 Å². The largest absolute Gasteiger partial charge is 0.385 e. The van der Waals surface area contributed by atoms with E-state index in [1.807, 2.05) is 13.8 Å². The first-order chi connectivity index (χ1) is 9.76. The third-order valence-corrected chi connectivity index (χ3v) is 3.45. The van der Waals surface area contributed by atoms with E-state index in [1.165, 1.54) is 18.2 Å². The van der Waals surface area contributed by atoms with Gasteiger partial charge in [-0.1, -0.05) is 25.4 Å². The highest BCUT2D eigenvalue weighted by molar-refractivity contribution is 6.33. The van der Waals surface area contributed by atoms with E-state index in [4.69, 9.17) is 16.3 Å². The molecule has 1 N–H and O–H groups in total. The monoisotopic (exact) mass is 314 g/mol. The molecule has 0 fully saturated rings. The Kier molecular flexibility index (Phi) is 6.11. The summed E-state index contributed by atoms with van der Waals surface area (Å²) in [5, 5.41) is 13.7. The molecule has 0 spiro atoms. The zero-order valence-electron chi connectivity index (χ0n) is 12.3. The highest BCUT2D eigenvalue weighted by Crippen LogP contribution is 2.23. The number of nitrogens with one attached hydrogen (secondary N) is 1. The van der Waals surface area contributed by atoms with Gasteiger partial charge in [0.05, 0.1) is 15.5 Å². The summed E-state index contributed by atoms with van der Waals surface area (Å²) in [5.74, 6) is -0.422. The molecule has 1 aromatic rings. The number of nitro benzene ring substituents is 1. The van der Waals surface area contributed by atoms with E-state index < -0.39 is 10.8 Å². The number of hydrogen-bond acceptors (Lipinski definition) is 4. The Hall–Kier alpha value is -1.66. The second kappa shape index (κ2) is 7.38. The van der Waals surface area contributed by atoms with Gasteiger partial charge < -0.3 is 10.1 Å². The summed E-state index contributed by atoms with van der Waals surface area (Å²) in [7, 11) is 1.62. The number of amides is 1. The molecular formula is C14H19ClN2O4. The van der Waals surface area contributed by atoms with E-state index in [-0.39, 0.29) is 21.7 Å². The van der Waals surface area contributed by atoms with Crippen LogP contribution in [0.4, 0.5) is 5.69 Å². The second-order valence-electron chi connectivity index (χ2n) is 5.51. The average Bonchev–Trinajstić information content (AvgIpc) is 2.43. The van der Waals surface area contributed by atoms with Gasteiger partial charge in [-0.2, -0.15) is 0 Å². The summed E-state index contributed by atoms with van der Waals surface area (Å²) >= 11 is 5.93. The summed E-state index contributed by atoms with van der Waals surface area (Å²) in [6, 6.07) is 3.80. The van der Waals surface area contributed by atoms with Gasteiger partial charge in [-0.15, -0.1) is 0 Å². The van der Waals surface area contributed by atoms with Crippen LogP contribution in [0.2, 0.25) is 5.02 Å². The number of carbonyl (C=O) groups is 1. The Bertz CT molecular complexity index is 532. The summed E-state index contributed by atoms with van der Waals surface area (Å²) < 4.78 is 5.02. The fourth-order valence-electron chi connectivity index (χ4n) is 1.68. The van der Waals surface area contributed by atoms with E-state index in [1.54, 1.807) is 7.11 Å². The van der Waals surface area contributed by atoms with Crippen molar-refractivity contribution >= 4 is 23.2 Å². The first kappa shape index (κ1) is 17.4. The molecule has 0 bridgehead atoms. The van der Waals surface area contributed by atoms with Crippen molar-refractivity contribution in [2.45, 2.75) is 20.3 Å². The highest BCUT2D eigenvalue weighted by atomic mass is 35.5. The summed E-state index contributed by atoms with van der Waals surface area (Å²) in [4.78, 5) is 22.3.